The summed E-state index contributed by atoms with van der Waals surface area (Å²) < 4.78 is 14.7. The third-order valence-electron chi connectivity index (χ3n) is 4.87. The van der Waals surface area contributed by atoms with E-state index in [1.54, 1.807) is 6.92 Å². The molecule has 1 aliphatic carbocycles. The first-order valence-corrected chi connectivity index (χ1v) is 8.63. The molecular weight excluding hydrogens is 321 g/mol. The molecule has 2 aliphatic rings. The van der Waals surface area contributed by atoms with E-state index in [1.165, 1.54) is 6.08 Å². The molecule has 1 heterocycles. The first-order chi connectivity index (χ1) is 12.0. The van der Waals surface area contributed by atoms with Crippen molar-refractivity contribution in [3.63, 3.8) is 0 Å². The van der Waals surface area contributed by atoms with E-state index in [2.05, 4.69) is 4.99 Å². The average molecular weight is 347 g/mol. The minimum absolute atomic E-state index is 0.105. The van der Waals surface area contributed by atoms with Gasteiger partial charge >= 0.3 is 0 Å². The van der Waals surface area contributed by atoms with E-state index < -0.39 is 0 Å². The molecule has 5 nitrogen and oxygen atoms in total. The van der Waals surface area contributed by atoms with Crippen LogP contribution in [0.3, 0.4) is 0 Å². The monoisotopic (exact) mass is 347 g/mol. The highest BCUT2D eigenvalue weighted by Gasteiger charge is 2.26. The number of piperidine rings is 1. The molecule has 0 spiro atoms. The van der Waals surface area contributed by atoms with Gasteiger partial charge in [0, 0.05) is 38.2 Å². The molecule has 1 unspecified atom stereocenters. The number of aldehydes is 2. The zero-order chi connectivity index (χ0) is 18.4. The molecule has 25 heavy (non-hydrogen) atoms. The molecule has 0 amide bonds. The Balaban J connectivity index is 2.02. The van der Waals surface area contributed by atoms with Crippen LogP contribution in [0.25, 0.3) is 0 Å². The van der Waals surface area contributed by atoms with Crippen molar-refractivity contribution < 1.29 is 14.0 Å². The number of nitrogens with zero attached hydrogens (tertiary/aromatic N) is 3. The van der Waals surface area contributed by atoms with E-state index in [0.717, 1.165) is 25.0 Å². The van der Waals surface area contributed by atoms with Gasteiger partial charge in [-0.3, -0.25) is 4.79 Å². The van der Waals surface area contributed by atoms with Gasteiger partial charge in [0.05, 0.1) is 11.7 Å². The summed E-state index contributed by atoms with van der Waals surface area (Å²) in [4.78, 5) is 29.6. The minimum Gasteiger partial charge on any atom is -0.369 e. The first kappa shape index (κ1) is 19.1. The van der Waals surface area contributed by atoms with Gasteiger partial charge in [0.15, 0.2) is 0 Å². The van der Waals surface area contributed by atoms with Gasteiger partial charge in [-0.15, -0.1) is 0 Å². The summed E-state index contributed by atoms with van der Waals surface area (Å²) in [5, 5.41) is 0. The topological polar surface area (TPSA) is 53.0 Å². The van der Waals surface area contributed by atoms with Crippen LogP contribution in [0.4, 0.5) is 4.39 Å². The number of carbonyl (C=O) groups excluding carboxylic acids is 2. The van der Waals surface area contributed by atoms with Crippen molar-refractivity contribution in [2.45, 2.75) is 39.2 Å². The lowest BCUT2D eigenvalue weighted by Crippen LogP contribution is -2.38. The average Bonchev–Trinajstić information content (AvgIpc) is 2.61. The summed E-state index contributed by atoms with van der Waals surface area (Å²) in [5.74, 6) is 0.707. The molecule has 6 heteroatoms. The number of aliphatic imine (C=N–C) groups is 1. The molecule has 0 aromatic rings. The minimum atomic E-state index is -0.128. The van der Waals surface area contributed by atoms with E-state index in [4.69, 9.17) is 0 Å². The van der Waals surface area contributed by atoms with Crippen LogP contribution in [0.2, 0.25) is 0 Å². The highest BCUT2D eigenvalue weighted by molar-refractivity contribution is 5.81. The number of allylic oxidation sites excluding steroid dienone is 3. The van der Waals surface area contributed by atoms with E-state index in [-0.39, 0.29) is 17.8 Å². The zero-order valence-corrected chi connectivity index (χ0v) is 15.1. The highest BCUT2D eigenvalue weighted by Crippen LogP contribution is 2.29. The molecule has 0 aromatic heterocycles. The van der Waals surface area contributed by atoms with E-state index in [0.29, 0.717) is 37.2 Å². The van der Waals surface area contributed by atoms with Gasteiger partial charge in [-0.05, 0) is 38.8 Å². The highest BCUT2D eigenvalue weighted by atomic mass is 19.1. The number of hydrogen-bond donors (Lipinski definition) is 0. The van der Waals surface area contributed by atoms with Crippen LogP contribution in [0.15, 0.2) is 40.4 Å². The number of carbonyl (C=O) groups is 2. The Hall–Kier alpha value is -2.24. The molecule has 136 valence electrons. The van der Waals surface area contributed by atoms with Crippen molar-refractivity contribution in [2.24, 2.45) is 10.9 Å². The second-order valence-electron chi connectivity index (χ2n) is 6.60. The molecule has 1 atom stereocenters. The summed E-state index contributed by atoms with van der Waals surface area (Å²) in [7, 11) is 1.87. The lowest BCUT2D eigenvalue weighted by molar-refractivity contribution is -0.112. The van der Waals surface area contributed by atoms with Crippen molar-refractivity contribution in [3.8, 4) is 0 Å². The van der Waals surface area contributed by atoms with Crippen LogP contribution < -0.4 is 0 Å². The Morgan fingerprint density at radius 2 is 2.00 bits per heavy atom. The van der Waals surface area contributed by atoms with Gasteiger partial charge in [0.2, 0.25) is 0 Å². The van der Waals surface area contributed by atoms with Crippen molar-refractivity contribution >= 4 is 18.4 Å². The predicted octanol–water partition coefficient (Wildman–Crippen LogP) is 2.86. The quantitative estimate of drug-likeness (QED) is 0.332. The number of likely N-dealkylation sites (N-methyl/N-ethyl adjacent to an activating group) is 1. The van der Waals surface area contributed by atoms with Gasteiger partial charge in [0.1, 0.15) is 24.2 Å². The van der Waals surface area contributed by atoms with E-state index in [1.807, 2.05) is 35.9 Å². The van der Waals surface area contributed by atoms with Crippen molar-refractivity contribution in [1.29, 1.82) is 0 Å². The molecule has 0 radical (unpaired) electrons. The fourth-order valence-electron chi connectivity index (χ4n) is 3.18. The Labute approximate surface area is 148 Å². The van der Waals surface area contributed by atoms with Crippen LogP contribution in [-0.2, 0) is 9.59 Å². The standard InChI is InChI=1S/C19H26FN3O2/c1-14(8-11-24)21-15(2)22(3)17-4-5-19(18(20)12-17)23-9-6-16(13-25)7-10-23/h4-5,8,11,13,16-17H,6-7,9-10,12H2,1-3H3/b14-8-,21-15?. The summed E-state index contributed by atoms with van der Waals surface area (Å²) >= 11 is 0. The predicted molar refractivity (Wildman–Crippen MR) is 96.7 cm³/mol. The van der Waals surface area contributed by atoms with Gasteiger partial charge in [0.25, 0.3) is 0 Å². The van der Waals surface area contributed by atoms with Gasteiger partial charge in [-0.1, -0.05) is 6.08 Å². The normalized spacial score (nSPS) is 23.0. The zero-order valence-electron chi connectivity index (χ0n) is 15.1. The lowest BCUT2D eigenvalue weighted by atomic mass is 9.96. The van der Waals surface area contributed by atoms with Gasteiger partial charge in [-0.2, -0.15) is 0 Å². The first-order valence-electron chi connectivity index (χ1n) is 8.63. The second-order valence-corrected chi connectivity index (χ2v) is 6.60. The molecule has 0 saturated carbocycles. The van der Waals surface area contributed by atoms with Crippen LogP contribution in [0.1, 0.15) is 33.1 Å². The van der Waals surface area contributed by atoms with E-state index in [9.17, 15) is 14.0 Å². The third-order valence-corrected chi connectivity index (χ3v) is 4.87. The fourth-order valence-corrected chi connectivity index (χ4v) is 3.18. The molecule has 0 bridgehead atoms. The van der Waals surface area contributed by atoms with Crippen LogP contribution >= 0.6 is 0 Å². The summed E-state index contributed by atoms with van der Waals surface area (Å²) in [6.07, 6.45) is 8.79. The summed E-state index contributed by atoms with van der Waals surface area (Å²) in [6, 6.07) is -0.107. The smallest absolute Gasteiger partial charge is 0.144 e. The van der Waals surface area contributed by atoms with Crippen molar-refractivity contribution in [2.75, 3.05) is 20.1 Å². The Kier molecular flexibility index (Phi) is 6.67. The fraction of sp³-hybridized carbons (Fsp3) is 0.526. The number of rotatable bonds is 5. The van der Waals surface area contributed by atoms with E-state index >= 15 is 0 Å². The Morgan fingerprint density at radius 3 is 2.56 bits per heavy atom. The lowest BCUT2D eigenvalue weighted by Gasteiger charge is -2.36. The molecular formula is C19H26FN3O2. The van der Waals surface area contributed by atoms with Crippen LogP contribution in [-0.4, -0.2) is 54.4 Å². The maximum atomic E-state index is 14.7. The number of halogens is 1. The van der Waals surface area contributed by atoms with Gasteiger partial charge in [-0.25, -0.2) is 9.38 Å². The maximum absolute atomic E-state index is 14.7. The van der Waals surface area contributed by atoms with Crippen molar-refractivity contribution in [1.82, 2.24) is 9.80 Å². The Bertz CT molecular complexity index is 629. The molecule has 2 rings (SSSR count). The number of amidine groups is 1. The van der Waals surface area contributed by atoms with Gasteiger partial charge < -0.3 is 14.6 Å². The summed E-state index contributed by atoms with van der Waals surface area (Å²) in [5.41, 5.74) is 1.26. The largest absolute Gasteiger partial charge is 0.369 e. The van der Waals surface area contributed by atoms with Crippen LogP contribution in [0, 0.1) is 5.92 Å². The molecule has 0 N–H and O–H groups in total. The maximum Gasteiger partial charge on any atom is 0.144 e. The molecule has 1 saturated heterocycles. The number of likely N-dealkylation sites (tertiary alicyclic amines) is 1. The van der Waals surface area contributed by atoms with Crippen molar-refractivity contribution in [3.05, 3.63) is 35.4 Å². The Morgan fingerprint density at radius 1 is 1.32 bits per heavy atom. The summed E-state index contributed by atoms with van der Waals surface area (Å²) in [6.45, 7) is 5.03. The molecule has 0 aromatic carbocycles. The third kappa shape index (κ3) is 4.87. The van der Waals surface area contributed by atoms with Crippen LogP contribution in [0.5, 0.6) is 0 Å². The second kappa shape index (κ2) is 8.74. The molecule has 1 aliphatic heterocycles. The number of hydrogen-bond acceptors (Lipinski definition) is 4. The molecule has 1 fully saturated rings. The SMILES string of the molecule is CC(=N/C(C)=C\C=O)N(C)C1C=CC(N2CCC(C=O)CC2)=C(F)C1.